The number of rotatable bonds is 4. The van der Waals surface area contributed by atoms with E-state index < -0.39 is 15.8 Å². The Morgan fingerprint density at radius 2 is 2.00 bits per heavy atom. The van der Waals surface area contributed by atoms with Crippen LogP contribution < -0.4 is 4.90 Å². The third-order valence-corrected chi connectivity index (χ3v) is 6.59. The average molecular weight is 468 g/mol. The minimum absolute atomic E-state index is 0.0687. The minimum atomic E-state index is -3.45. The van der Waals surface area contributed by atoms with Gasteiger partial charge < -0.3 is 9.64 Å². The molecule has 9 heteroatoms. The lowest BCUT2D eigenvalue weighted by atomic mass is 10.1. The first-order chi connectivity index (χ1) is 13.1. The van der Waals surface area contributed by atoms with Gasteiger partial charge in [-0.3, -0.25) is 0 Å². The van der Waals surface area contributed by atoms with Crippen molar-refractivity contribution in [3.05, 3.63) is 45.8 Å². The Bertz CT molecular complexity index is 990. The van der Waals surface area contributed by atoms with Crippen molar-refractivity contribution in [3.63, 3.8) is 0 Å². The molecule has 3 rings (SSSR count). The lowest BCUT2D eigenvalue weighted by Crippen LogP contribution is -2.41. The SMILES string of the molecule is Cc1cc(N2CCCC(OC(=O)c3ccc(Br)c(S(C)(=O)=O)c3)C2)nc(C)n1. The predicted molar refractivity (Wildman–Crippen MR) is 109 cm³/mol. The van der Waals surface area contributed by atoms with Crippen LogP contribution in [0.15, 0.2) is 33.6 Å². The number of ether oxygens (including phenoxy) is 1. The molecule has 1 aromatic carbocycles. The number of carbonyl (C=O) groups is 1. The molecule has 7 nitrogen and oxygen atoms in total. The highest BCUT2D eigenvalue weighted by atomic mass is 79.9. The molecule has 1 atom stereocenters. The summed E-state index contributed by atoms with van der Waals surface area (Å²) >= 11 is 3.21. The third-order valence-electron chi connectivity index (χ3n) is 4.49. The van der Waals surface area contributed by atoms with Gasteiger partial charge in [0.05, 0.1) is 17.0 Å². The van der Waals surface area contributed by atoms with E-state index in [0.29, 0.717) is 16.8 Å². The Morgan fingerprint density at radius 1 is 1.25 bits per heavy atom. The molecule has 0 N–H and O–H groups in total. The quantitative estimate of drug-likeness (QED) is 0.637. The van der Waals surface area contributed by atoms with Gasteiger partial charge in [0.15, 0.2) is 9.84 Å². The van der Waals surface area contributed by atoms with Crippen LogP contribution in [0.25, 0.3) is 0 Å². The van der Waals surface area contributed by atoms with E-state index >= 15 is 0 Å². The van der Waals surface area contributed by atoms with Crippen LogP contribution in [0.2, 0.25) is 0 Å². The van der Waals surface area contributed by atoms with Crippen LogP contribution in [0.1, 0.15) is 34.7 Å². The van der Waals surface area contributed by atoms with Crippen LogP contribution in [0, 0.1) is 13.8 Å². The zero-order valence-electron chi connectivity index (χ0n) is 16.0. The van der Waals surface area contributed by atoms with Crippen LogP contribution in [-0.2, 0) is 14.6 Å². The molecule has 0 aliphatic carbocycles. The maximum atomic E-state index is 12.6. The zero-order valence-corrected chi connectivity index (χ0v) is 18.4. The Kier molecular flexibility index (Phi) is 6.04. The van der Waals surface area contributed by atoms with Gasteiger partial charge in [-0.2, -0.15) is 0 Å². The summed E-state index contributed by atoms with van der Waals surface area (Å²) in [5.74, 6) is 1.00. The van der Waals surface area contributed by atoms with Crippen molar-refractivity contribution in [2.45, 2.75) is 37.7 Å². The Hall–Kier alpha value is -2.00. The maximum Gasteiger partial charge on any atom is 0.338 e. The lowest BCUT2D eigenvalue weighted by molar-refractivity contribution is 0.0269. The van der Waals surface area contributed by atoms with Crippen molar-refractivity contribution < 1.29 is 17.9 Å². The maximum absolute atomic E-state index is 12.6. The van der Waals surface area contributed by atoms with E-state index in [4.69, 9.17) is 4.74 Å². The van der Waals surface area contributed by atoms with Gasteiger partial charge >= 0.3 is 5.97 Å². The number of halogens is 1. The van der Waals surface area contributed by atoms with E-state index in [1.54, 1.807) is 12.1 Å². The number of sulfone groups is 1. The number of aryl methyl sites for hydroxylation is 2. The molecular formula is C19H22BrN3O4S. The molecule has 2 aromatic rings. The first-order valence-electron chi connectivity index (χ1n) is 8.91. The molecule has 1 aliphatic rings. The molecule has 2 heterocycles. The van der Waals surface area contributed by atoms with Crippen molar-refractivity contribution >= 4 is 37.6 Å². The van der Waals surface area contributed by atoms with Gasteiger partial charge in [0.2, 0.25) is 0 Å². The summed E-state index contributed by atoms with van der Waals surface area (Å²) in [6.45, 7) is 5.15. The fraction of sp³-hybridized carbons (Fsp3) is 0.421. The average Bonchev–Trinajstić information content (AvgIpc) is 2.60. The molecular weight excluding hydrogens is 446 g/mol. The van der Waals surface area contributed by atoms with Crippen molar-refractivity contribution in [2.24, 2.45) is 0 Å². The van der Waals surface area contributed by atoms with Gasteiger partial charge in [-0.15, -0.1) is 0 Å². The number of hydrogen-bond acceptors (Lipinski definition) is 7. The van der Waals surface area contributed by atoms with Gasteiger partial charge in [-0.1, -0.05) is 0 Å². The Balaban J connectivity index is 1.74. The number of aromatic nitrogens is 2. The zero-order chi connectivity index (χ0) is 20.5. The lowest BCUT2D eigenvalue weighted by Gasteiger charge is -2.33. The van der Waals surface area contributed by atoms with Gasteiger partial charge in [0.1, 0.15) is 17.7 Å². The number of hydrogen-bond donors (Lipinski definition) is 0. The summed E-state index contributed by atoms with van der Waals surface area (Å²) in [5.41, 5.74) is 1.11. The molecule has 1 aliphatic heterocycles. The summed E-state index contributed by atoms with van der Waals surface area (Å²) in [5, 5.41) is 0. The molecule has 0 spiro atoms. The molecule has 0 bridgehead atoms. The first-order valence-corrected chi connectivity index (χ1v) is 11.6. The number of nitrogens with zero attached hydrogens (tertiary/aromatic N) is 3. The topological polar surface area (TPSA) is 89.5 Å². The summed E-state index contributed by atoms with van der Waals surface area (Å²) < 4.78 is 29.8. The molecule has 1 saturated heterocycles. The highest BCUT2D eigenvalue weighted by Gasteiger charge is 2.25. The van der Waals surface area contributed by atoms with Gasteiger partial charge in [-0.05, 0) is 60.8 Å². The van der Waals surface area contributed by atoms with Crippen molar-refractivity contribution in [3.8, 4) is 0 Å². The normalized spacial score (nSPS) is 17.4. The number of carbonyl (C=O) groups excluding carboxylic acids is 1. The van der Waals surface area contributed by atoms with E-state index in [-0.39, 0.29) is 16.6 Å². The van der Waals surface area contributed by atoms with E-state index in [0.717, 1.165) is 37.2 Å². The standard InChI is InChI=1S/C19H22BrN3O4S/c1-12-9-18(22-13(2)21-12)23-8-4-5-15(11-23)27-19(24)14-6-7-16(20)17(10-14)28(3,25)26/h6-7,9-10,15H,4-5,8,11H2,1-3H3. The molecule has 0 saturated carbocycles. The van der Waals surface area contributed by atoms with E-state index in [9.17, 15) is 13.2 Å². The van der Waals surface area contributed by atoms with Gasteiger partial charge in [0, 0.05) is 29.0 Å². The summed E-state index contributed by atoms with van der Waals surface area (Å²) in [6, 6.07) is 6.37. The summed E-state index contributed by atoms with van der Waals surface area (Å²) in [6.07, 6.45) is 2.44. The fourth-order valence-electron chi connectivity index (χ4n) is 3.24. The van der Waals surface area contributed by atoms with E-state index in [2.05, 4.69) is 30.8 Å². The molecule has 0 amide bonds. The van der Waals surface area contributed by atoms with Crippen molar-refractivity contribution in [1.29, 1.82) is 0 Å². The van der Waals surface area contributed by atoms with Crippen LogP contribution in [-0.4, -0.2) is 49.8 Å². The van der Waals surface area contributed by atoms with Crippen LogP contribution in [0.4, 0.5) is 5.82 Å². The van der Waals surface area contributed by atoms with E-state index in [1.807, 2.05) is 19.9 Å². The van der Waals surface area contributed by atoms with Crippen molar-refractivity contribution in [2.75, 3.05) is 24.2 Å². The second kappa shape index (κ2) is 8.16. The second-order valence-electron chi connectivity index (χ2n) is 6.95. The molecule has 1 aromatic heterocycles. The fourth-order valence-corrected chi connectivity index (χ4v) is 5.13. The van der Waals surface area contributed by atoms with Gasteiger partial charge in [0.25, 0.3) is 0 Å². The van der Waals surface area contributed by atoms with Gasteiger partial charge in [-0.25, -0.2) is 23.2 Å². The number of piperidine rings is 1. The Morgan fingerprint density at radius 3 is 2.68 bits per heavy atom. The molecule has 28 heavy (non-hydrogen) atoms. The Labute approximate surface area is 173 Å². The van der Waals surface area contributed by atoms with Crippen LogP contribution >= 0.6 is 15.9 Å². The minimum Gasteiger partial charge on any atom is -0.457 e. The highest BCUT2D eigenvalue weighted by Crippen LogP contribution is 2.25. The monoisotopic (exact) mass is 467 g/mol. The van der Waals surface area contributed by atoms with E-state index in [1.165, 1.54) is 6.07 Å². The summed E-state index contributed by atoms with van der Waals surface area (Å²) in [4.78, 5) is 23.5. The highest BCUT2D eigenvalue weighted by molar-refractivity contribution is 9.10. The predicted octanol–water partition coefficient (Wildman–Crippen LogP) is 3.09. The first kappa shape index (κ1) is 20.7. The summed E-state index contributed by atoms with van der Waals surface area (Å²) in [7, 11) is -3.45. The molecule has 1 unspecified atom stereocenters. The molecule has 150 valence electrons. The smallest absolute Gasteiger partial charge is 0.338 e. The van der Waals surface area contributed by atoms with Crippen molar-refractivity contribution in [1.82, 2.24) is 9.97 Å². The molecule has 0 radical (unpaired) electrons. The molecule has 1 fully saturated rings. The second-order valence-corrected chi connectivity index (χ2v) is 9.79. The van der Waals surface area contributed by atoms with Crippen LogP contribution in [0.5, 0.6) is 0 Å². The largest absolute Gasteiger partial charge is 0.457 e. The number of esters is 1. The number of benzene rings is 1. The van der Waals surface area contributed by atoms with Crippen LogP contribution in [0.3, 0.4) is 0 Å². The third kappa shape index (κ3) is 4.88. The number of anilines is 1.